The molecule has 1 amide bonds. The first kappa shape index (κ1) is 22.7. The Labute approximate surface area is 161 Å². The van der Waals surface area contributed by atoms with Gasteiger partial charge >= 0.3 is 12.1 Å². The van der Waals surface area contributed by atoms with Gasteiger partial charge in [0.2, 0.25) is 0 Å². The van der Waals surface area contributed by atoms with Crippen molar-refractivity contribution in [1.82, 2.24) is 5.32 Å². The molecule has 0 aliphatic carbocycles. The van der Waals surface area contributed by atoms with Gasteiger partial charge in [0.15, 0.2) is 0 Å². The van der Waals surface area contributed by atoms with Gasteiger partial charge in [-0.3, -0.25) is 0 Å². The molecular weight excluding hydrogens is 346 g/mol. The number of amides is 1. The van der Waals surface area contributed by atoms with Crippen LogP contribution < -0.4 is 10.1 Å². The number of carbonyl (C=O) groups excluding carboxylic acids is 3. The molecule has 0 bridgehead atoms. The molecule has 1 aromatic carbocycles. The van der Waals surface area contributed by atoms with Gasteiger partial charge in [-0.05, 0) is 58.7 Å². The summed E-state index contributed by atoms with van der Waals surface area (Å²) in [5.74, 6) is -0.198. The lowest BCUT2D eigenvalue weighted by Gasteiger charge is -2.28. The molecule has 1 aromatic rings. The maximum absolute atomic E-state index is 12.5. The Morgan fingerprint density at radius 1 is 1.15 bits per heavy atom. The van der Waals surface area contributed by atoms with Crippen LogP contribution in [0.25, 0.3) is 0 Å². The van der Waals surface area contributed by atoms with Gasteiger partial charge in [0, 0.05) is 17.4 Å². The third-order valence-corrected chi connectivity index (χ3v) is 4.01. The van der Waals surface area contributed by atoms with E-state index in [1.54, 1.807) is 26.8 Å². The Balaban J connectivity index is 3.05. The van der Waals surface area contributed by atoms with Crippen molar-refractivity contribution in [3.63, 3.8) is 0 Å². The maximum atomic E-state index is 12.5. The molecule has 0 saturated carbocycles. The standard InChI is InChI=1S/C21H31NO5/c1-13-11-14(2)17(21(7,8)9-10-23)16(12-13)26-18(24)15(3)22-19(25)27-20(4,5)6/h10-12,15H,9H2,1-8H3,(H,22,25)/t15-/m0/s1. The molecule has 0 aliphatic heterocycles. The molecule has 1 atom stereocenters. The van der Waals surface area contributed by atoms with E-state index in [0.717, 1.165) is 23.0 Å². The van der Waals surface area contributed by atoms with E-state index >= 15 is 0 Å². The molecule has 27 heavy (non-hydrogen) atoms. The Bertz CT molecular complexity index is 716. The lowest BCUT2D eigenvalue weighted by Crippen LogP contribution is -2.43. The zero-order chi connectivity index (χ0) is 21.0. The number of alkyl carbamates (subject to hydrolysis) is 1. The normalized spacial score (nSPS) is 12.9. The summed E-state index contributed by atoms with van der Waals surface area (Å²) in [6, 6.07) is 2.87. The van der Waals surface area contributed by atoms with E-state index in [9.17, 15) is 14.4 Å². The van der Waals surface area contributed by atoms with Gasteiger partial charge in [-0.25, -0.2) is 9.59 Å². The molecule has 0 saturated heterocycles. The lowest BCUT2D eigenvalue weighted by molar-refractivity contribution is -0.136. The van der Waals surface area contributed by atoms with Crippen LogP contribution in [0.3, 0.4) is 0 Å². The molecular formula is C21H31NO5. The minimum Gasteiger partial charge on any atom is -0.444 e. The number of benzene rings is 1. The van der Waals surface area contributed by atoms with Crippen molar-refractivity contribution < 1.29 is 23.9 Å². The van der Waals surface area contributed by atoms with Crippen molar-refractivity contribution in [2.75, 3.05) is 0 Å². The summed E-state index contributed by atoms with van der Waals surface area (Å²) in [6.07, 6.45) is 0.471. The largest absolute Gasteiger partial charge is 0.444 e. The third-order valence-electron chi connectivity index (χ3n) is 4.01. The van der Waals surface area contributed by atoms with Crippen LogP contribution in [0.2, 0.25) is 0 Å². The first-order chi connectivity index (χ1) is 12.3. The highest BCUT2D eigenvalue weighted by Crippen LogP contribution is 2.37. The van der Waals surface area contributed by atoms with E-state index in [0.29, 0.717) is 12.2 Å². The van der Waals surface area contributed by atoms with Crippen molar-refractivity contribution in [3.05, 3.63) is 28.8 Å². The Kier molecular flexibility index (Phi) is 7.18. The van der Waals surface area contributed by atoms with Crippen LogP contribution in [0.1, 0.15) is 64.7 Å². The molecule has 0 unspecified atom stereocenters. The van der Waals surface area contributed by atoms with Crippen molar-refractivity contribution in [1.29, 1.82) is 0 Å². The maximum Gasteiger partial charge on any atom is 0.408 e. The molecule has 1 N–H and O–H groups in total. The van der Waals surface area contributed by atoms with Gasteiger partial charge in [-0.1, -0.05) is 19.9 Å². The summed E-state index contributed by atoms with van der Waals surface area (Å²) in [6.45, 7) is 14.5. The molecule has 0 radical (unpaired) electrons. The van der Waals surface area contributed by atoms with E-state index in [1.807, 2.05) is 33.8 Å². The van der Waals surface area contributed by atoms with Crippen molar-refractivity contribution in [3.8, 4) is 5.75 Å². The predicted octanol–water partition coefficient (Wildman–Crippen LogP) is 3.99. The van der Waals surface area contributed by atoms with E-state index in [1.165, 1.54) is 6.92 Å². The number of hydrogen-bond donors (Lipinski definition) is 1. The van der Waals surface area contributed by atoms with E-state index in [4.69, 9.17) is 9.47 Å². The van der Waals surface area contributed by atoms with Crippen LogP contribution in [-0.4, -0.2) is 30.0 Å². The quantitative estimate of drug-likeness (QED) is 0.460. The summed E-state index contributed by atoms with van der Waals surface area (Å²) >= 11 is 0. The van der Waals surface area contributed by atoms with Gasteiger partial charge in [0.25, 0.3) is 0 Å². The van der Waals surface area contributed by atoms with Crippen LogP contribution in [0, 0.1) is 13.8 Å². The van der Waals surface area contributed by atoms with E-state index in [2.05, 4.69) is 5.32 Å². The highest BCUT2D eigenvalue weighted by Gasteiger charge is 2.29. The van der Waals surface area contributed by atoms with Crippen LogP contribution in [0.4, 0.5) is 4.79 Å². The molecule has 0 spiro atoms. The second kappa shape index (κ2) is 8.55. The topological polar surface area (TPSA) is 81.7 Å². The molecule has 0 aliphatic rings. The van der Waals surface area contributed by atoms with Crippen LogP contribution in [0.5, 0.6) is 5.75 Å². The van der Waals surface area contributed by atoms with E-state index in [-0.39, 0.29) is 0 Å². The molecule has 0 aromatic heterocycles. The number of esters is 1. The summed E-state index contributed by atoms with van der Waals surface area (Å²) < 4.78 is 10.8. The molecule has 6 nitrogen and oxygen atoms in total. The highest BCUT2D eigenvalue weighted by molar-refractivity contribution is 5.83. The number of aryl methyl sites for hydroxylation is 2. The number of aldehydes is 1. The van der Waals surface area contributed by atoms with Crippen molar-refractivity contribution in [2.24, 2.45) is 0 Å². The van der Waals surface area contributed by atoms with E-state index < -0.39 is 29.1 Å². The molecule has 6 heteroatoms. The average molecular weight is 377 g/mol. The summed E-state index contributed by atoms with van der Waals surface area (Å²) in [7, 11) is 0. The average Bonchev–Trinajstić information content (AvgIpc) is 2.43. The lowest BCUT2D eigenvalue weighted by atomic mass is 9.78. The van der Waals surface area contributed by atoms with Crippen molar-refractivity contribution in [2.45, 2.75) is 78.9 Å². The third kappa shape index (κ3) is 6.70. The molecule has 0 fully saturated rings. The van der Waals surface area contributed by atoms with Crippen molar-refractivity contribution >= 4 is 18.3 Å². The van der Waals surface area contributed by atoms with Crippen LogP contribution in [-0.2, 0) is 19.7 Å². The monoisotopic (exact) mass is 377 g/mol. The fourth-order valence-corrected chi connectivity index (χ4v) is 2.93. The zero-order valence-corrected chi connectivity index (χ0v) is 17.6. The number of ether oxygens (including phenoxy) is 2. The highest BCUT2D eigenvalue weighted by atomic mass is 16.6. The van der Waals surface area contributed by atoms with Gasteiger partial charge in [0.1, 0.15) is 23.7 Å². The predicted molar refractivity (Wildman–Crippen MR) is 104 cm³/mol. The fraction of sp³-hybridized carbons (Fsp3) is 0.571. The van der Waals surface area contributed by atoms with Gasteiger partial charge < -0.3 is 19.6 Å². The first-order valence-corrected chi connectivity index (χ1v) is 9.03. The van der Waals surface area contributed by atoms with Gasteiger partial charge in [-0.2, -0.15) is 0 Å². The Morgan fingerprint density at radius 2 is 1.74 bits per heavy atom. The van der Waals surface area contributed by atoms with Crippen LogP contribution >= 0.6 is 0 Å². The number of nitrogens with one attached hydrogen (secondary N) is 1. The zero-order valence-electron chi connectivity index (χ0n) is 17.6. The first-order valence-electron chi connectivity index (χ1n) is 9.03. The van der Waals surface area contributed by atoms with Gasteiger partial charge in [-0.15, -0.1) is 0 Å². The minimum absolute atomic E-state index is 0.299. The molecule has 0 heterocycles. The summed E-state index contributed by atoms with van der Waals surface area (Å²) in [5, 5.41) is 2.48. The van der Waals surface area contributed by atoms with Gasteiger partial charge in [0.05, 0.1) is 0 Å². The second-order valence-electron chi connectivity index (χ2n) is 8.50. The summed E-state index contributed by atoms with van der Waals surface area (Å²) in [4.78, 5) is 35.5. The second-order valence-corrected chi connectivity index (χ2v) is 8.50. The Morgan fingerprint density at radius 3 is 2.26 bits per heavy atom. The fourth-order valence-electron chi connectivity index (χ4n) is 2.93. The summed E-state index contributed by atoms with van der Waals surface area (Å²) in [5.41, 5.74) is 1.54. The smallest absolute Gasteiger partial charge is 0.408 e. The Hall–Kier alpha value is -2.37. The SMILES string of the molecule is Cc1cc(C)c(C(C)(C)CC=O)c(OC(=O)[C@H](C)NC(=O)OC(C)(C)C)c1. The number of carbonyl (C=O) groups is 3. The molecule has 1 rings (SSSR count). The van der Waals surface area contributed by atoms with Crippen LogP contribution in [0.15, 0.2) is 12.1 Å². The molecule has 150 valence electrons. The number of rotatable bonds is 6. The number of hydrogen-bond acceptors (Lipinski definition) is 5. The minimum atomic E-state index is -0.886.